The Balaban J connectivity index is 2.25. The smallest absolute Gasteiger partial charge is 0.191 e. The number of aromatic nitrogens is 3. The number of thioether (sulfide) groups is 1. The molecule has 106 valence electrons. The average molecular weight is 289 g/mol. The molecule has 0 spiro atoms. The molecule has 0 radical (unpaired) electrons. The minimum Gasteiger partial charge on any atom is -0.302 e. The molecule has 1 aromatic heterocycles. The van der Waals surface area contributed by atoms with Gasteiger partial charge in [0.2, 0.25) is 0 Å². The van der Waals surface area contributed by atoms with E-state index < -0.39 is 0 Å². The maximum atomic E-state index is 11.4. The molecule has 0 atom stereocenters. The standard InChI is InChI=1S/C15H19N3OS/c1-4-13(19)10-20-15-17-16-14(18(15)5-2)12-8-6-11(3)7-9-12/h6-9H,4-5,10H2,1-3H3. The molecule has 2 rings (SSSR count). The number of aryl methyl sites for hydroxylation is 1. The Bertz CT molecular complexity index is 590. The summed E-state index contributed by atoms with van der Waals surface area (Å²) in [6.45, 7) is 6.79. The summed E-state index contributed by atoms with van der Waals surface area (Å²) in [7, 11) is 0. The summed E-state index contributed by atoms with van der Waals surface area (Å²) in [5, 5.41) is 9.30. The summed E-state index contributed by atoms with van der Waals surface area (Å²) in [6, 6.07) is 8.24. The van der Waals surface area contributed by atoms with Crippen LogP contribution in [0.2, 0.25) is 0 Å². The minimum atomic E-state index is 0.234. The van der Waals surface area contributed by atoms with Crippen LogP contribution in [0.25, 0.3) is 11.4 Å². The molecular formula is C15H19N3OS. The van der Waals surface area contributed by atoms with Crippen molar-refractivity contribution >= 4 is 17.5 Å². The molecule has 0 aliphatic carbocycles. The normalized spacial score (nSPS) is 10.8. The van der Waals surface area contributed by atoms with E-state index in [1.54, 1.807) is 0 Å². The highest BCUT2D eigenvalue weighted by atomic mass is 32.2. The van der Waals surface area contributed by atoms with Gasteiger partial charge in [-0.25, -0.2) is 0 Å². The molecule has 0 saturated carbocycles. The maximum absolute atomic E-state index is 11.4. The summed E-state index contributed by atoms with van der Waals surface area (Å²) < 4.78 is 2.05. The molecule has 0 amide bonds. The fourth-order valence-corrected chi connectivity index (χ4v) is 2.81. The van der Waals surface area contributed by atoms with E-state index in [1.807, 2.05) is 6.92 Å². The van der Waals surface area contributed by atoms with Crippen molar-refractivity contribution in [3.63, 3.8) is 0 Å². The third-order valence-corrected chi connectivity index (χ3v) is 4.13. The number of benzene rings is 1. The first-order chi connectivity index (χ1) is 9.65. The van der Waals surface area contributed by atoms with Gasteiger partial charge in [-0.3, -0.25) is 4.79 Å². The number of rotatable bonds is 6. The second kappa shape index (κ2) is 6.70. The van der Waals surface area contributed by atoms with Crippen LogP contribution in [0.4, 0.5) is 0 Å². The third-order valence-electron chi connectivity index (χ3n) is 3.10. The van der Waals surface area contributed by atoms with Crippen LogP contribution >= 0.6 is 11.8 Å². The van der Waals surface area contributed by atoms with Gasteiger partial charge in [0.1, 0.15) is 5.78 Å². The Kier molecular flexibility index (Phi) is 4.95. The highest BCUT2D eigenvalue weighted by molar-refractivity contribution is 7.99. The molecule has 1 heterocycles. The summed E-state index contributed by atoms with van der Waals surface area (Å²) in [6.07, 6.45) is 0.568. The lowest BCUT2D eigenvalue weighted by molar-refractivity contribution is -0.116. The minimum absolute atomic E-state index is 0.234. The van der Waals surface area contributed by atoms with E-state index in [1.165, 1.54) is 17.3 Å². The summed E-state index contributed by atoms with van der Waals surface area (Å²) in [5.41, 5.74) is 2.28. The molecule has 0 N–H and O–H groups in total. The van der Waals surface area contributed by atoms with Crippen LogP contribution in [0.1, 0.15) is 25.8 Å². The van der Waals surface area contributed by atoms with Crippen molar-refractivity contribution in [2.24, 2.45) is 0 Å². The van der Waals surface area contributed by atoms with Gasteiger partial charge in [0.05, 0.1) is 5.75 Å². The van der Waals surface area contributed by atoms with Crippen LogP contribution in [0.15, 0.2) is 29.4 Å². The Morgan fingerprint density at radius 1 is 1.20 bits per heavy atom. The fourth-order valence-electron chi connectivity index (χ4n) is 1.84. The topological polar surface area (TPSA) is 47.8 Å². The Morgan fingerprint density at radius 3 is 2.50 bits per heavy atom. The number of hydrogen-bond acceptors (Lipinski definition) is 4. The molecule has 0 unspecified atom stereocenters. The van der Waals surface area contributed by atoms with Crippen molar-refractivity contribution in [1.29, 1.82) is 0 Å². The molecule has 0 bridgehead atoms. The van der Waals surface area contributed by atoms with Gasteiger partial charge >= 0.3 is 0 Å². The number of carbonyl (C=O) groups is 1. The highest BCUT2D eigenvalue weighted by Crippen LogP contribution is 2.24. The molecule has 20 heavy (non-hydrogen) atoms. The van der Waals surface area contributed by atoms with Crippen molar-refractivity contribution in [2.45, 2.75) is 38.9 Å². The van der Waals surface area contributed by atoms with E-state index >= 15 is 0 Å². The molecule has 5 heteroatoms. The largest absolute Gasteiger partial charge is 0.302 e. The second-order valence-corrected chi connectivity index (χ2v) is 5.54. The number of nitrogens with zero attached hydrogens (tertiary/aromatic N) is 3. The van der Waals surface area contributed by atoms with Crippen molar-refractivity contribution in [2.75, 3.05) is 5.75 Å². The zero-order chi connectivity index (χ0) is 14.5. The average Bonchev–Trinajstić information content (AvgIpc) is 2.88. The van der Waals surface area contributed by atoms with E-state index in [2.05, 4.69) is 52.9 Å². The molecule has 0 saturated heterocycles. The van der Waals surface area contributed by atoms with Gasteiger partial charge in [-0.05, 0) is 13.8 Å². The van der Waals surface area contributed by atoms with E-state index in [-0.39, 0.29) is 5.78 Å². The predicted molar refractivity (Wildman–Crippen MR) is 81.9 cm³/mol. The third kappa shape index (κ3) is 3.28. The molecule has 0 fully saturated rings. The van der Waals surface area contributed by atoms with Crippen LogP contribution in [0, 0.1) is 6.92 Å². The van der Waals surface area contributed by atoms with Crippen molar-refractivity contribution in [3.05, 3.63) is 29.8 Å². The summed E-state index contributed by atoms with van der Waals surface area (Å²) >= 11 is 1.46. The van der Waals surface area contributed by atoms with E-state index in [9.17, 15) is 4.79 Å². The van der Waals surface area contributed by atoms with Crippen LogP contribution in [-0.4, -0.2) is 26.3 Å². The second-order valence-electron chi connectivity index (χ2n) is 4.60. The van der Waals surface area contributed by atoms with Crippen LogP contribution in [0.5, 0.6) is 0 Å². The van der Waals surface area contributed by atoms with Crippen LogP contribution in [0.3, 0.4) is 0 Å². The molecular weight excluding hydrogens is 270 g/mol. The van der Waals surface area contributed by atoms with E-state index in [0.717, 1.165) is 23.1 Å². The molecule has 0 aliphatic heterocycles. The zero-order valence-electron chi connectivity index (χ0n) is 12.1. The number of Topliss-reactive ketones (excluding diaryl/α,β-unsaturated/α-hetero) is 1. The number of carbonyl (C=O) groups excluding carboxylic acids is 1. The van der Waals surface area contributed by atoms with Crippen LogP contribution < -0.4 is 0 Å². The first-order valence-electron chi connectivity index (χ1n) is 6.80. The van der Waals surface area contributed by atoms with Crippen molar-refractivity contribution in [3.8, 4) is 11.4 Å². The van der Waals surface area contributed by atoms with Gasteiger partial charge in [-0.2, -0.15) is 0 Å². The van der Waals surface area contributed by atoms with Crippen molar-refractivity contribution in [1.82, 2.24) is 14.8 Å². The quantitative estimate of drug-likeness (QED) is 0.765. The van der Waals surface area contributed by atoms with E-state index in [0.29, 0.717) is 12.2 Å². The van der Waals surface area contributed by atoms with E-state index in [4.69, 9.17) is 0 Å². The molecule has 1 aromatic carbocycles. The summed E-state index contributed by atoms with van der Waals surface area (Å²) in [4.78, 5) is 11.4. The Hall–Kier alpha value is -1.62. The SMILES string of the molecule is CCC(=O)CSc1nnc(-c2ccc(C)cc2)n1CC. The van der Waals surface area contributed by atoms with Gasteiger partial charge in [0, 0.05) is 18.5 Å². The van der Waals surface area contributed by atoms with Gasteiger partial charge in [-0.15, -0.1) is 10.2 Å². The van der Waals surface area contributed by atoms with Gasteiger partial charge in [0.25, 0.3) is 0 Å². The zero-order valence-corrected chi connectivity index (χ0v) is 12.9. The van der Waals surface area contributed by atoms with Gasteiger partial charge in [0.15, 0.2) is 11.0 Å². The Labute approximate surface area is 123 Å². The first kappa shape index (κ1) is 14.8. The maximum Gasteiger partial charge on any atom is 0.191 e. The van der Waals surface area contributed by atoms with Crippen molar-refractivity contribution < 1.29 is 4.79 Å². The lowest BCUT2D eigenvalue weighted by atomic mass is 10.1. The Morgan fingerprint density at radius 2 is 1.90 bits per heavy atom. The lowest BCUT2D eigenvalue weighted by Gasteiger charge is -2.07. The summed E-state index contributed by atoms with van der Waals surface area (Å²) in [5.74, 6) is 1.55. The van der Waals surface area contributed by atoms with Crippen LogP contribution in [-0.2, 0) is 11.3 Å². The molecule has 0 aliphatic rings. The number of hydrogen-bond donors (Lipinski definition) is 0. The molecule has 4 nitrogen and oxygen atoms in total. The highest BCUT2D eigenvalue weighted by Gasteiger charge is 2.13. The number of ketones is 1. The lowest BCUT2D eigenvalue weighted by Crippen LogP contribution is -2.03. The first-order valence-corrected chi connectivity index (χ1v) is 7.79. The molecule has 2 aromatic rings. The monoisotopic (exact) mass is 289 g/mol. The van der Waals surface area contributed by atoms with Gasteiger partial charge in [-0.1, -0.05) is 48.5 Å². The fraction of sp³-hybridized carbons (Fsp3) is 0.400. The van der Waals surface area contributed by atoms with Gasteiger partial charge < -0.3 is 4.57 Å². The predicted octanol–water partition coefficient (Wildman–Crippen LogP) is 3.34.